The number of hydrogen-bond donors (Lipinski definition) is 2. The first-order valence-corrected chi connectivity index (χ1v) is 7.59. The minimum Gasteiger partial charge on any atom is -0.491 e. The maximum atomic E-state index is 12.0. The molecule has 20 heavy (non-hydrogen) atoms. The van der Waals surface area contributed by atoms with Crippen LogP contribution >= 0.6 is 0 Å². The van der Waals surface area contributed by atoms with Crippen molar-refractivity contribution < 1.29 is 9.53 Å². The van der Waals surface area contributed by atoms with Gasteiger partial charge in [-0.05, 0) is 31.4 Å². The van der Waals surface area contributed by atoms with Crippen molar-refractivity contribution in [1.29, 1.82) is 0 Å². The van der Waals surface area contributed by atoms with Crippen LogP contribution in [0.25, 0.3) is 0 Å². The van der Waals surface area contributed by atoms with Crippen molar-refractivity contribution in [3.8, 4) is 5.75 Å². The summed E-state index contributed by atoms with van der Waals surface area (Å²) in [6.07, 6.45) is 6.82. The van der Waals surface area contributed by atoms with Gasteiger partial charge < -0.3 is 15.4 Å². The third-order valence-electron chi connectivity index (χ3n) is 3.54. The lowest BCUT2D eigenvalue weighted by atomic mass is 9.96. The summed E-state index contributed by atoms with van der Waals surface area (Å²) in [6, 6.07) is 7.73. The van der Waals surface area contributed by atoms with Crippen LogP contribution in [-0.4, -0.2) is 18.7 Å². The Balaban J connectivity index is 1.89. The van der Waals surface area contributed by atoms with Gasteiger partial charge in [-0.15, -0.1) is 0 Å². The summed E-state index contributed by atoms with van der Waals surface area (Å²) >= 11 is 0. The van der Waals surface area contributed by atoms with Crippen molar-refractivity contribution >= 4 is 11.7 Å². The lowest BCUT2D eigenvalue weighted by Gasteiger charge is -2.23. The minimum atomic E-state index is -0.135. The fourth-order valence-corrected chi connectivity index (χ4v) is 2.50. The average Bonchev–Trinajstić information content (AvgIpc) is 2.47. The molecule has 0 spiro atoms. The molecule has 1 fully saturated rings. The predicted octanol–water partition coefficient (Wildman–Crippen LogP) is 3.93. The molecule has 4 nitrogen and oxygen atoms in total. The van der Waals surface area contributed by atoms with Crippen LogP contribution in [0.1, 0.15) is 45.4 Å². The number of para-hydroxylation sites is 2. The molecule has 110 valence electrons. The molecule has 0 bridgehead atoms. The van der Waals surface area contributed by atoms with Gasteiger partial charge >= 0.3 is 6.03 Å². The highest BCUT2D eigenvalue weighted by Gasteiger charge is 2.16. The molecule has 1 aliphatic rings. The summed E-state index contributed by atoms with van der Waals surface area (Å²) in [4.78, 5) is 12.0. The van der Waals surface area contributed by atoms with E-state index in [0.29, 0.717) is 12.6 Å². The molecule has 1 aromatic carbocycles. The van der Waals surface area contributed by atoms with Crippen LogP contribution in [0.5, 0.6) is 5.75 Å². The Hall–Kier alpha value is -1.71. The molecule has 0 atom stereocenters. The van der Waals surface area contributed by atoms with Gasteiger partial charge in [0.05, 0.1) is 12.3 Å². The van der Waals surface area contributed by atoms with Crippen LogP contribution in [-0.2, 0) is 0 Å². The zero-order chi connectivity index (χ0) is 14.2. The molecule has 0 aromatic heterocycles. The van der Waals surface area contributed by atoms with Gasteiger partial charge in [0.15, 0.2) is 0 Å². The minimum absolute atomic E-state index is 0.135. The first-order valence-electron chi connectivity index (χ1n) is 7.59. The van der Waals surface area contributed by atoms with Crippen LogP contribution in [0.15, 0.2) is 24.3 Å². The molecule has 0 radical (unpaired) electrons. The molecule has 2 N–H and O–H groups in total. The van der Waals surface area contributed by atoms with Gasteiger partial charge in [-0.25, -0.2) is 4.79 Å². The number of carbonyl (C=O) groups is 1. The number of carbonyl (C=O) groups excluding carboxylic acids is 1. The Morgan fingerprint density at radius 2 is 2.00 bits per heavy atom. The number of ether oxygens (including phenoxy) is 1. The normalized spacial score (nSPS) is 15.7. The van der Waals surface area contributed by atoms with Crippen LogP contribution in [0, 0.1) is 0 Å². The summed E-state index contributed by atoms with van der Waals surface area (Å²) < 4.78 is 5.63. The van der Waals surface area contributed by atoms with E-state index in [0.717, 1.165) is 30.7 Å². The molecular weight excluding hydrogens is 252 g/mol. The lowest BCUT2D eigenvalue weighted by Crippen LogP contribution is -2.39. The summed E-state index contributed by atoms with van der Waals surface area (Å²) in [5.74, 6) is 0.730. The second-order valence-electron chi connectivity index (χ2n) is 5.28. The van der Waals surface area contributed by atoms with Crippen LogP contribution in [0.3, 0.4) is 0 Å². The molecule has 1 saturated carbocycles. The molecule has 2 rings (SSSR count). The third kappa shape index (κ3) is 4.44. The van der Waals surface area contributed by atoms with E-state index in [2.05, 4.69) is 17.6 Å². The molecule has 0 unspecified atom stereocenters. The number of anilines is 1. The number of rotatable bonds is 5. The van der Waals surface area contributed by atoms with Gasteiger partial charge in [0.25, 0.3) is 0 Å². The van der Waals surface area contributed by atoms with Crippen molar-refractivity contribution in [2.45, 2.75) is 51.5 Å². The number of benzene rings is 1. The van der Waals surface area contributed by atoms with Crippen molar-refractivity contribution in [2.75, 3.05) is 11.9 Å². The van der Waals surface area contributed by atoms with E-state index in [1.54, 1.807) is 0 Å². The van der Waals surface area contributed by atoms with E-state index in [-0.39, 0.29) is 6.03 Å². The van der Waals surface area contributed by atoms with E-state index in [9.17, 15) is 4.79 Å². The van der Waals surface area contributed by atoms with Gasteiger partial charge in [-0.2, -0.15) is 0 Å². The van der Waals surface area contributed by atoms with Crippen LogP contribution < -0.4 is 15.4 Å². The van der Waals surface area contributed by atoms with Crippen molar-refractivity contribution in [3.63, 3.8) is 0 Å². The molecule has 1 aromatic rings. The molecule has 1 aliphatic carbocycles. The maximum Gasteiger partial charge on any atom is 0.319 e. The van der Waals surface area contributed by atoms with E-state index in [1.807, 2.05) is 24.3 Å². The Morgan fingerprint density at radius 3 is 2.75 bits per heavy atom. The fourth-order valence-electron chi connectivity index (χ4n) is 2.50. The molecule has 2 amide bonds. The highest BCUT2D eigenvalue weighted by Crippen LogP contribution is 2.24. The largest absolute Gasteiger partial charge is 0.491 e. The van der Waals surface area contributed by atoms with Crippen LogP contribution in [0.2, 0.25) is 0 Å². The Kier molecular flexibility index (Phi) is 5.71. The quantitative estimate of drug-likeness (QED) is 0.856. The first kappa shape index (κ1) is 14.7. The Labute approximate surface area is 120 Å². The second kappa shape index (κ2) is 7.78. The van der Waals surface area contributed by atoms with E-state index in [4.69, 9.17) is 4.74 Å². The third-order valence-corrected chi connectivity index (χ3v) is 3.54. The number of amides is 2. The molecule has 0 aliphatic heterocycles. The van der Waals surface area contributed by atoms with Gasteiger partial charge in [-0.1, -0.05) is 38.3 Å². The van der Waals surface area contributed by atoms with Crippen molar-refractivity contribution in [2.24, 2.45) is 0 Å². The number of nitrogens with one attached hydrogen (secondary N) is 2. The topological polar surface area (TPSA) is 50.4 Å². The van der Waals surface area contributed by atoms with Crippen molar-refractivity contribution in [3.05, 3.63) is 24.3 Å². The second-order valence-corrected chi connectivity index (χ2v) is 5.28. The standard InChI is InChI=1S/C16H24N2O2/c1-2-12-20-15-11-7-6-10-14(15)18-16(19)17-13-8-4-3-5-9-13/h6-7,10-11,13H,2-5,8-9,12H2,1H3,(H2,17,18,19). The lowest BCUT2D eigenvalue weighted by molar-refractivity contribution is 0.244. The zero-order valence-corrected chi connectivity index (χ0v) is 12.2. The van der Waals surface area contributed by atoms with E-state index >= 15 is 0 Å². The van der Waals surface area contributed by atoms with Gasteiger partial charge in [0.2, 0.25) is 0 Å². The molecule has 0 heterocycles. The smallest absolute Gasteiger partial charge is 0.319 e. The number of hydrogen-bond acceptors (Lipinski definition) is 2. The summed E-state index contributed by atoms with van der Waals surface area (Å²) in [7, 11) is 0. The van der Waals surface area contributed by atoms with Crippen LogP contribution in [0.4, 0.5) is 10.5 Å². The molecular formula is C16H24N2O2. The molecule has 4 heteroatoms. The maximum absolute atomic E-state index is 12.0. The SMILES string of the molecule is CCCOc1ccccc1NC(=O)NC1CCCCC1. The Bertz CT molecular complexity index is 428. The summed E-state index contributed by atoms with van der Waals surface area (Å²) in [5, 5.41) is 5.94. The highest BCUT2D eigenvalue weighted by atomic mass is 16.5. The first-order chi connectivity index (χ1) is 9.79. The summed E-state index contributed by atoms with van der Waals surface area (Å²) in [6.45, 7) is 2.72. The molecule has 0 saturated heterocycles. The monoisotopic (exact) mass is 276 g/mol. The van der Waals surface area contributed by atoms with E-state index in [1.165, 1.54) is 19.3 Å². The van der Waals surface area contributed by atoms with Gasteiger partial charge in [-0.3, -0.25) is 0 Å². The summed E-state index contributed by atoms with van der Waals surface area (Å²) in [5.41, 5.74) is 0.731. The Morgan fingerprint density at radius 1 is 1.25 bits per heavy atom. The zero-order valence-electron chi connectivity index (χ0n) is 12.2. The predicted molar refractivity (Wildman–Crippen MR) is 81.3 cm³/mol. The highest BCUT2D eigenvalue weighted by molar-refractivity contribution is 5.91. The average molecular weight is 276 g/mol. The van der Waals surface area contributed by atoms with Crippen molar-refractivity contribution in [1.82, 2.24) is 5.32 Å². The fraction of sp³-hybridized carbons (Fsp3) is 0.562. The van der Waals surface area contributed by atoms with Gasteiger partial charge in [0, 0.05) is 6.04 Å². The van der Waals surface area contributed by atoms with Gasteiger partial charge in [0.1, 0.15) is 5.75 Å². The van der Waals surface area contributed by atoms with E-state index < -0.39 is 0 Å². The number of urea groups is 1.